The number of nitrogens with zero attached hydrogens (tertiary/aromatic N) is 2. The molecule has 25 heavy (non-hydrogen) atoms. The van der Waals surface area contributed by atoms with Crippen LogP contribution in [0.5, 0.6) is 0 Å². The first-order chi connectivity index (χ1) is 12.4. The SMILES string of the molecule is c1cnc2[nH]c([C@H]3CCCO3)c(CN3CCC4CCCCC4C3)c2c1. The van der Waals surface area contributed by atoms with Gasteiger partial charge in [0.05, 0.1) is 11.8 Å². The van der Waals surface area contributed by atoms with Crippen LogP contribution < -0.4 is 0 Å². The van der Waals surface area contributed by atoms with E-state index in [1.165, 1.54) is 68.3 Å². The van der Waals surface area contributed by atoms with E-state index in [0.717, 1.165) is 37.1 Å². The van der Waals surface area contributed by atoms with Crippen LogP contribution in [0.4, 0.5) is 0 Å². The van der Waals surface area contributed by atoms with E-state index in [1.807, 2.05) is 6.20 Å². The number of fused-ring (bicyclic) bond motifs is 2. The Kier molecular flexibility index (Phi) is 4.26. The van der Waals surface area contributed by atoms with Crippen molar-refractivity contribution in [2.75, 3.05) is 19.7 Å². The fourth-order valence-corrected chi connectivity index (χ4v) is 5.39. The Hall–Kier alpha value is -1.39. The van der Waals surface area contributed by atoms with Gasteiger partial charge in [0.1, 0.15) is 5.65 Å². The molecule has 2 aromatic heterocycles. The summed E-state index contributed by atoms with van der Waals surface area (Å²) in [5.41, 5.74) is 3.75. The van der Waals surface area contributed by atoms with Crippen molar-refractivity contribution < 1.29 is 4.74 Å². The van der Waals surface area contributed by atoms with Crippen molar-refractivity contribution in [1.82, 2.24) is 14.9 Å². The predicted octanol–water partition coefficient (Wildman–Crippen LogP) is 4.43. The van der Waals surface area contributed by atoms with Crippen molar-refractivity contribution in [3.8, 4) is 0 Å². The molecule has 4 heterocycles. The average molecular weight is 339 g/mol. The van der Waals surface area contributed by atoms with Gasteiger partial charge < -0.3 is 9.72 Å². The Morgan fingerprint density at radius 3 is 2.92 bits per heavy atom. The topological polar surface area (TPSA) is 41.1 Å². The van der Waals surface area contributed by atoms with Crippen LogP contribution >= 0.6 is 0 Å². The minimum Gasteiger partial charge on any atom is -0.372 e. The maximum absolute atomic E-state index is 6.01. The average Bonchev–Trinajstić information content (AvgIpc) is 3.30. The Balaban J connectivity index is 1.42. The van der Waals surface area contributed by atoms with Crippen LogP contribution in [-0.4, -0.2) is 34.6 Å². The second kappa shape index (κ2) is 6.73. The summed E-state index contributed by atoms with van der Waals surface area (Å²) < 4.78 is 6.01. The van der Waals surface area contributed by atoms with Crippen LogP contribution in [0.3, 0.4) is 0 Å². The minimum atomic E-state index is 0.233. The van der Waals surface area contributed by atoms with Crippen LogP contribution in [-0.2, 0) is 11.3 Å². The maximum Gasteiger partial charge on any atom is 0.137 e. The second-order valence-electron chi connectivity index (χ2n) is 8.25. The van der Waals surface area contributed by atoms with Gasteiger partial charge in [-0.2, -0.15) is 0 Å². The molecule has 3 atom stereocenters. The third kappa shape index (κ3) is 3.00. The number of rotatable bonds is 3. The molecule has 5 rings (SSSR count). The van der Waals surface area contributed by atoms with Gasteiger partial charge in [0.15, 0.2) is 0 Å². The number of aromatic nitrogens is 2. The van der Waals surface area contributed by atoms with Gasteiger partial charge in [-0.15, -0.1) is 0 Å². The van der Waals surface area contributed by atoms with Gasteiger partial charge in [-0.05, 0) is 61.8 Å². The lowest BCUT2D eigenvalue weighted by Crippen LogP contribution is -2.41. The molecule has 2 saturated heterocycles. The molecular weight excluding hydrogens is 310 g/mol. The van der Waals surface area contributed by atoms with Crippen LogP contribution in [0.1, 0.15) is 62.3 Å². The van der Waals surface area contributed by atoms with Crippen molar-refractivity contribution in [3.05, 3.63) is 29.6 Å². The molecule has 2 aliphatic heterocycles. The first-order valence-electron chi connectivity index (χ1n) is 10.2. The Bertz CT molecular complexity index is 734. The molecule has 3 fully saturated rings. The summed E-state index contributed by atoms with van der Waals surface area (Å²) >= 11 is 0. The number of H-pyrrole nitrogens is 1. The summed E-state index contributed by atoms with van der Waals surface area (Å²) in [4.78, 5) is 10.8. The lowest BCUT2D eigenvalue weighted by atomic mass is 9.75. The van der Waals surface area contributed by atoms with Crippen LogP contribution in [0.2, 0.25) is 0 Å². The predicted molar refractivity (Wildman–Crippen MR) is 99.4 cm³/mol. The van der Waals surface area contributed by atoms with E-state index in [4.69, 9.17) is 4.74 Å². The highest BCUT2D eigenvalue weighted by Crippen LogP contribution is 2.38. The van der Waals surface area contributed by atoms with Crippen molar-refractivity contribution in [2.24, 2.45) is 11.8 Å². The number of hydrogen-bond donors (Lipinski definition) is 1. The van der Waals surface area contributed by atoms with Crippen molar-refractivity contribution in [1.29, 1.82) is 0 Å². The number of hydrogen-bond acceptors (Lipinski definition) is 3. The normalized spacial score (nSPS) is 30.6. The molecule has 1 saturated carbocycles. The summed E-state index contributed by atoms with van der Waals surface area (Å²) in [6.45, 7) is 4.46. The second-order valence-corrected chi connectivity index (χ2v) is 8.25. The van der Waals surface area contributed by atoms with Gasteiger partial charge in [-0.3, -0.25) is 4.90 Å². The molecular formula is C21H29N3O. The molecule has 1 N–H and O–H groups in total. The van der Waals surface area contributed by atoms with Crippen LogP contribution in [0.25, 0.3) is 11.0 Å². The van der Waals surface area contributed by atoms with Gasteiger partial charge in [0.2, 0.25) is 0 Å². The van der Waals surface area contributed by atoms with E-state index in [2.05, 4.69) is 27.0 Å². The largest absolute Gasteiger partial charge is 0.372 e. The van der Waals surface area contributed by atoms with Crippen molar-refractivity contribution in [2.45, 2.75) is 57.6 Å². The molecule has 0 aromatic carbocycles. The van der Waals surface area contributed by atoms with Gasteiger partial charge in [0, 0.05) is 31.3 Å². The van der Waals surface area contributed by atoms with Crippen molar-refractivity contribution in [3.63, 3.8) is 0 Å². The molecule has 0 radical (unpaired) electrons. The summed E-state index contributed by atoms with van der Waals surface area (Å²) in [5.74, 6) is 1.92. The lowest BCUT2D eigenvalue weighted by molar-refractivity contribution is 0.0796. The lowest BCUT2D eigenvalue weighted by Gasteiger charge is -2.41. The van der Waals surface area contributed by atoms with E-state index in [1.54, 1.807) is 0 Å². The molecule has 0 spiro atoms. The van der Waals surface area contributed by atoms with Crippen LogP contribution in [0, 0.1) is 11.8 Å². The van der Waals surface area contributed by atoms with Gasteiger partial charge >= 0.3 is 0 Å². The van der Waals surface area contributed by atoms with E-state index in [0.29, 0.717) is 0 Å². The standard InChI is InChI=1S/C21H29N3O/c1-2-6-16-13-24(11-9-15(16)5-1)14-18-17-7-3-10-22-21(17)23-20(18)19-8-4-12-25-19/h3,7,10,15-16,19H,1-2,4-6,8-9,11-14H2,(H,22,23)/t15?,16?,19-/m1/s1. The highest BCUT2D eigenvalue weighted by atomic mass is 16.5. The number of ether oxygens (including phenoxy) is 1. The smallest absolute Gasteiger partial charge is 0.137 e. The third-order valence-electron chi connectivity index (χ3n) is 6.72. The molecule has 0 bridgehead atoms. The Morgan fingerprint density at radius 1 is 1.12 bits per heavy atom. The Morgan fingerprint density at radius 2 is 2.04 bits per heavy atom. The van der Waals surface area contributed by atoms with Crippen molar-refractivity contribution >= 4 is 11.0 Å². The van der Waals surface area contributed by atoms with Gasteiger partial charge in [-0.25, -0.2) is 4.98 Å². The third-order valence-corrected chi connectivity index (χ3v) is 6.72. The molecule has 3 aliphatic rings. The maximum atomic E-state index is 6.01. The minimum absolute atomic E-state index is 0.233. The fraction of sp³-hybridized carbons (Fsp3) is 0.667. The number of nitrogens with one attached hydrogen (secondary N) is 1. The molecule has 4 heteroatoms. The van der Waals surface area contributed by atoms with Gasteiger partial charge in [-0.1, -0.05) is 19.3 Å². The number of aromatic amines is 1. The number of pyridine rings is 1. The zero-order chi connectivity index (χ0) is 16.6. The highest BCUT2D eigenvalue weighted by molar-refractivity contribution is 5.81. The highest BCUT2D eigenvalue weighted by Gasteiger charge is 2.32. The summed E-state index contributed by atoms with van der Waals surface area (Å²) in [6.07, 6.45) is 11.6. The quantitative estimate of drug-likeness (QED) is 0.899. The summed E-state index contributed by atoms with van der Waals surface area (Å²) in [6, 6.07) is 4.28. The molecule has 1 aliphatic carbocycles. The number of likely N-dealkylation sites (tertiary alicyclic amines) is 1. The summed E-state index contributed by atoms with van der Waals surface area (Å²) in [7, 11) is 0. The molecule has 0 amide bonds. The van der Waals surface area contributed by atoms with Crippen LogP contribution in [0.15, 0.2) is 18.3 Å². The van der Waals surface area contributed by atoms with E-state index < -0.39 is 0 Å². The first-order valence-corrected chi connectivity index (χ1v) is 10.2. The van der Waals surface area contributed by atoms with E-state index in [9.17, 15) is 0 Å². The zero-order valence-electron chi connectivity index (χ0n) is 15.0. The van der Waals surface area contributed by atoms with Gasteiger partial charge in [0.25, 0.3) is 0 Å². The zero-order valence-corrected chi connectivity index (χ0v) is 15.0. The number of piperidine rings is 1. The Labute approximate surface area is 150 Å². The fourth-order valence-electron chi connectivity index (χ4n) is 5.39. The summed E-state index contributed by atoms with van der Waals surface area (Å²) in [5, 5.41) is 1.29. The first kappa shape index (κ1) is 15.8. The monoisotopic (exact) mass is 339 g/mol. The van der Waals surface area contributed by atoms with E-state index in [-0.39, 0.29) is 6.10 Å². The molecule has 134 valence electrons. The molecule has 4 nitrogen and oxygen atoms in total. The molecule has 2 unspecified atom stereocenters. The molecule has 2 aromatic rings. The van der Waals surface area contributed by atoms with E-state index >= 15 is 0 Å².